The van der Waals surface area contributed by atoms with E-state index >= 15 is 0 Å². The highest BCUT2D eigenvalue weighted by atomic mass is 16.5. The van der Waals surface area contributed by atoms with E-state index in [4.69, 9.17) is 9.63 Å². The summed E-state index contributed by atoms with van der Waals surface area (Å²) in [6.45, 7) is 1.59. The summed E-state index contributed by atoms with van der Waals surface area (Å²) in [6.07, 6.45) is 2.35. The molecular weight excluding hydrogens is 238 g/mol. The van der Waals surface area contributed by atoms with E-state index in [0.717, 1.165) is 25.9 Å². The molecule has 0 unspecified atom stereocenters. The van der Waals surface area contributed by atoms with Crippen molar-refractivity contribution >= 4 is 11.9 Å². The van der Waals surface area contributed by atoms with Crippen molar-refractivity contribution in [2.75, 3.05) is 13.1 Å². The Hall–Kier alpha value is -1.92. The lowest BCUT2D eigenvalue weighted by molar-refractivity contribution is -0.137. The number of carboxylic acids is 1. The summed E-state index contributed by atoms with van der Waals surface area (Å²) in [7, 11) is 0. The Labute approximate surface area is 104 Å². The second kappa shape index (κ2) is 5.61. The molecule has 1 N–H and O–H groups in total. The zero-order chi connectivity index (χ0) is 13.0. The number of likely N-dealkylation sites (tertiary alicyclic amines) is 1. The Morgan fingerprint density at radius 1 is 1.33 bits per heavy atom. The Morgan fingerprint density at radius 3 is 2.72 bits per heavy atom. The molecule has 0 radical (unpaired) electrons. The molecule has 1 aliphatic rings. The molecule has 18 heavy (non-hydrogen) atoms. The quantitative estimate of drug-likeness (QED) is 0.808. The Bertz CT molecular complexity index is 437. The van der Waals surface area contributed by atoms with Gasteiger partial charge in [0, 0.05) is 19.5 Å². The van der Waals surface area contributed by atoms with Crippen molar-refractivity contribution in [2.24, 2.45) is 0 Å². The topological polar surface area (TPSA) is 96.5 Å². The average molecular weight is 253 g/mol. The Morgan fingerprint density at radius 2 is 2.06 bits per heavy atom. The zero-order valence-corrected chi connectivity index (χ0v) is 9.96. The molecule has 1 aromatic heterocycles. The molecular formula is C11H15N3O4. The van der Waals surface area contributed by atoms with E-state index in [-0.39, 0.29) is 31.1 Å². The van der Waals surface area contributed by atoms with Crippen LogP contribution >= 0.6 is 0 Å². The number of hydrogen-bond acceptors (Lipinski definition) is 5. The molecule has 7 nitrogen and oxygen atoms in total. The van der Waals surface area contributed by atoms with Crippen LogP contribution in [0, 0.1) is 0 Å². The van der Waals surface area contributed by atoms with Crippen LogP contribution < -0.4 is 0 Å². The van der Waals surface area contributed by atoms with Gasteiger partial charge in [0.15, 0.2) is 5.82 Å². The lowest BCUT2D eigenvalue weighted by atomic mass is 10.3. The molecule has 0 atom stereocenters. The van der Waals surface area contributed by atoms with Crippen molar-refractivity contribution in [3.63, 3.8) is 0 Å². The fourth-order valence-corrected chi connectivity index (χ4v) is 1.89. The van der Waals surface area contributed by atoms with Gasteiger partial charge < -0.3 is 14.5 Å². The standard InChI is InChI=1S/C11H15N3O4/c15-10(14-5-1-2-6-14)7-8-12-9(18-13-8)3-4-11(16)17/h1-7H2,(H,16,17). The summed E-state index contributed by atoms with van der Waals surface area (Å²) in [5.74, 6) is -0.324. The summed E-state index contributed by atoms with van der Waals surface area (Å²) in [6, 6.07) is 0. The molecule has 0 aromatic carbocycles. The minimum atomic E-state index is -0.914. The summed E-state index contributed by atoms with van der Waals surface area (Å²) >= 11 is 0. The van der Waals surface area contributed by atoms with E-state index in [2.05, 4.69) is 10.1 Å². The van der Waals surface area contributed by atoms with Gasteiger partial charge in [-0.2, -0.15) is 4.98 Å². The smallest absolute Gasteiger partial charge is 0.303 e. The number of carboxylic acid groups (broad SMARTS) is 1. The van der Waals surface area contributed by atoms with Crippen molar-refractivity contribution in [3.8, 4) is 0 Å². The highest BCUT2D eigenvalue weighted by molar-refractivity contribution is 5.78. The lowest BCUT2D eigenvalue weighted by Gasteiger charge is -2.13. The van der Waals surface area contributed by atoms with Crippen molar-refractivity contribution < 1.29 is 19.2 Å². The first-order chi connectivity index (χ1) is 8.65. The second-order valence-corrected chi connectivity index (χ2v) is 4.26. The van der Waals surface area contributed by atoms with Crippen LogP contribution in [0.2, 0.25) is 0 Å². The maximum Gasteiger partial charge on any atom is 0.303 e. The van der Waals surface area contributed by atoms with Gasteiger partial charge in [-0.3, -0.25) is 9.59 Å². The number of aromatic nitrogens is 2. The molecule has 0 spiro atoms. The maximum absolute atomic E-state index is 11.8. The molecule has 0 saturated carbocycles. The van der Waals surface area contributed by atoms with Gasteiger partial charge in [0.2, 0.25) is 11.8 Å². The number of aliphatic carboxylic acids is 1. The average Bonchev–Trinajstić information content (AvgIpc) is 2.97. The van der Waals surface area contributed by atoms with E-state index < -0.39 is 5.97 Å². The molecule has 1 saturated heterocycles. The normalized spacial score (nSPS) is 15.0. The summed E-state index contributed by atoms with van der Waals surface area (Å²) in [5.41, 5.74) is 0. The van der Waals surface area contributed by atoms with Crippen LogP contribution in [0.1, 0.15) is 31.0 Å². The highest BCUT2D eigenvalue weighted by Gasteiger charge is 2.20. The summed E-state index contributed by atoms with van der Waals surface area (Å²) < 4.78 is 4.88. The van der Waals surface area contributed by atoms with E-state index in [1.54, 1.807) is 4.90 Å². The SMILES string of the molecule is O=C(O)CCc1nc(CC(=O)N2CCCC2)no1. The van der Waals surface area contributed by atoms with Crippen LogP contribution in [0.25, 0.3) is 0 Å². The fourth-order valence-electron chi connectivity index (χ4n) is 1.89. The number of nitrogens with zero attached hydrogens (tertiary/aromatic N) is 3. The van der Waals surface area contributed by atoms with Gasteiger partial charge in [-0.15, -0.1) is 0 Å². The van der Waals surface area contributed by atoms with Gasteiger partial charge in [-0.1, -0.05) is 5.16 Å². The summed E-state index contributed by atoms with van der Waals surface area (Å²) in [4.78, 5) is 28.0. The van der Waals surface area contributed by atoms with E-state index in [1.807, 2.05) is 0 Å². The van der Waals surface area contributed by atoms with Gasteiger partial charge in [0.1, 0.15) is 0 Å². The number of amides is 1. The Kier molecular flexibility index (Phi) is 3.91. The van der Waals surface area contributed by atoms with Crippen LogP contribution in [0.15, 0.2) is 4.52 Å². The van der Waals surface area contributed by atoms with Crippen molar-refractivity contribution in [1.82, 2.24) is 15.0 Å². The van der Waals surface area contributed by atoms with E-state index in [9.17, 15) is 9.59 Å². The van der Waals surface area contributed by atoms with E-state index in [0.29, 0.717) is 5.82 Å². The van der Waals surface area contributed by atoms with E-state index in [1.165, 1.54) is 0 Å². The number of carbonyl (C=O) groups excluding carboxylic acids is 1. The zero-order valence-electron chi connectivity index (χ0n) is 9.96. The molecule has 0 aliphatic carbocycles. The van der Waals surface area contributed by atoms with Gasteiger partial charge >= 0.3 is 5.97 Å². The van der Waals surface area contributed by atoms with Gasteiger partial charge in [0.05, 0.1) is 12.8 Å². The van der Waals surface area contributed by atoms with Gasteiger partial charge in [0.25, 0.3) is 0 Å². The lowest BCUT2D eigenvalue weighted by Crippen LogP contribution is -2.29. The molecule has 2 heterocycles. The van der Waals surface area contributed by atoms with Gasteiger partial charge in [-0.05, 0) is 12.8 Å². The molecule has 1 amide bonds. The number of rotatable bonds is 5. The minimum Gasteiger partial charge on any atom is -0.481 e. The fraction of sp³-hybridized carbons (Fsp3) is 0.636. The van der Waals surface area contributed by atoms with Crippen molar-refractivity contribution in [3.05, 3.63) is 11.7 Å². The summed E-state index contributed by atoms with van der Waals surface area (Å²) in [5, 5.41) is 12.2. The predicted molar refractivity (Wildman–Crippen MR) is 59.8 cm³/mol. The molecule has 0 bridgehead atoms. The first-order valence-corrected chi connectivity index (χ1v) is 5.96. The molecule has 2 rings (SSSR count). The van der Waals surface area contributed by atoms with Crippen molar-refractivity contribution in [2.45, 2.75) is 32.1 Å². The van der Waals surface area contributed by atoms with Crippen molar-refractivity contribution in [1.29, 1.82) is 0 Å². The largest absolute Gasteiger partial charge is 0.481 e. The number of hydrogen-bond donors (Lipinski definition) is 1. The third-order valence-corrected chi connectivity index (χ3v) is 2.83. The van der Waals surface area contributed by atoms with Gasteiger partial charge in [-0.25, -0.2) is 0 Å². The molecule has 1 aromatic rings. The third-order valence-electron chi connectivity index (χ3n) is 2.83. The molecule has 1 aliphatic heterocycles. The minimum absolute atomic E-state index is 0.00177. The Balaban J connectivity index is 1.85. The second-order valence-electron chi connectivity index (χ2n) is 4.26. The first-order valence-electron chi connectivity index (χ1n) is 5.96. The maximum atomic E-state index is 11.8. The molecule has 98 valence electrons. The van der Waals surface area contributed by atoms with Crippen LogP contribution in [-0.2, 0) is 22.4 Å². The predicted octanol–water partition coefficient (Wildman–Crippen LogP) is 0.252. The molecule has 7 heteroatoms. The number of carbonyl (C=O) groups is 2. The van der Waals surface area contributed by atoms with Crippen LogP contribution in [0.5, 0.6) is 0 Å². The monoisotopic (exact) mass is 253 g/mol. The van der Waals surface area contributed by atoms with Crippen LogP contribution in [0.4, 0.5) is 0 Å². The highest BCUT2D eigenvalue weighted by Crippen LogP contribution is 2.10. The van der Waals surface area contributed by atoms with Crippen LogP contribution in [-0.4, -0.2) is 45.1 Å². The van der Waals surface area contributed by atoms with Crippen LogP contribution in [0.3, 0.4) is 0 Å². The first kappa shape index (κ1) is 12.5. The number of aryl methyl sites for hydroxylation is 1. The molecule has 1 fully saturated rings. The third kappa shape index (κ3) is 3.28.